The first kappa shape index (κ1) is 21.0. The molecule has 1 saturated heterocycles. The van der Waals surface area contributed by atoms with Crippen molar-refractivity contribution in [1.82, 2.24) is 15.2 Å². The van der Waals surface area contributed by atoms with Crippen LogP contribution in [0.15, 0.2) is 29.8 Å². The summed E-state index contributed by atoms with van der Waals surface area (Å²) >= 11 is 1.68. The number of likely N-dealkylation sites (tertiary alicyclic amines) is 1. The lowest BCUT2D eigenvalue weighted by Gasteiger charge is -2.33. The topological polar surface area (TPSA) is 71.2 Å². The van der Waals surface area contributed by atoms with Crippen molar-refractivity contribution in [2.45, 2.75) is 59.2 Å². The molecule has 1 aromatic heterocycles. The molecule has 0 radical (unpaired) electrons. The van der Waals surface area contributed by atoms with Gasteiger partial charge in [0.1, 0.15) is 0 Å². The maximum absolute atomic E-state index is 12.8. The summed E-state index contributed by atoms with van der Waals surface area (Å²) in [5.74, 6) is 0.0843. The zero-order valence-corrected chi connectivity index (χ0v) is 18.2. The molecule has 5 nitrogen and oxygen atoms in total. The Morgan fingerprint density at radius 1 is 1.36 bits per heavy atom. The van der Waals surface area contributed by atoms with E-state index in [9.17, 15) is 4.79 Å². The number of aryl methyl sites for hydroxylation is 1. The lowest BCUT2D eigenvalue weighted by Crippen LogP contribution is -2.53. The van der Waals surface area contributed by atoms with Gasteiger partial charge in [0.25, 0.3) is 0 Å². The van der Waals surface area contributed by atoms with Crippen LogP contribution in [0, 0.1) is 12.3 Å². The SMILES string of the molecule is Cc1ncsc1-c1ccc(CNC[C@@H]2CCCN2C(=O)[C@@H](N)C(C)(C)C)cc1. The Labute approximate surface area is 172 Å². The summed E-state index contributed by atoms with van der Waals surface area (Å²) in [4.78, 5) is 20.3. The van der Waals surface area contributed by atoms with Gasteiger partial charge in [-0.25, -0.2) is 4.98 Å². The minimum atomic E-state index is -0.448. The van der Waals surface area contributed by atoms with Crippen molar-refractivity contribution in [3.63, 3.8) is 0 Å². The molecular formula is C22H32N4OS. The van der Waals surface area contributed by atoms with Crippen molar-refractivity contribution in [1.29, 1.82) is 0 Å². The van der Waals surface area contributed by atoms with Gasteiger partial charge in [0.15, 0.2) is 0 Å². The molecule has 1 fully saturated rings. The van der Waals surface area contributed by atoms with Gasteiger partial charge in [0.05, 0.1) is 22.1 Å². The van der Waals surface area contributed by atoms with Crippen LogP contribution in [0.4, 0.5) is 0 Å². The third kappa shape index (κ3) is 4.80. The van der Waals surface area contributed by atoms with Gasteiger partial charge in [-0.05, 0) is 36.3 Å². The van der Waals surface area contributed by atoms with Crippen molar-refractivity contribution >= 4 is 17.2 Å². The standard InChI is InChI=1S/C22H32N4OS/c1-15-19(28-14-25-15)17-9-7-16(8-10-17)12-24-13-18-6-5-11-26(18)21(27)20(23)22(2,3)4/h7-10,14,18,20,24H,5-6,11-13,23H2,1-4H3/t18-,20+/m0/s1. The number of nitrogens with one attached hydrogen (secondary N) is 1. The molecule has 2 atom stereocenters. The maximum Gasteiger partial charge on any atom is 0.240 e. The molecule has 1 aliphatic rings. The average molecular weight is 401 g/mol. The fraction of sp³-hybridized carbons (Fsp3) is 0.545. The van der Waals surface area contributed by atoms with Crippen LogP contribution in [0.3, 0.4) is 0 Å². The number of nitrogens with zero attached hydrogens (tertiary/aromatic N) is 2. The van der Waals surface area contributed by atoms with E-state index in [0.717, 1.165) is 38.2 Å². The molecule has 1 amide bonds. The molecule has 0 spiro atoms. The number of nitrogens with two attached hydrogens (primary N) is 1. The van der Waals surface area contributed by atoms with Gasteiger partial charge in [-0.1, -0.05) is 45.0 Å². The van der Waals surface area contributed by atoms with E-state index in [2.05, 4.69) is 34.6 Å². The summed E-state index contributed by atoms with van der Waals surface area (Å²) in [6, 6.07) is 8.43. The molecule has 28 heavy (non-hydrogen) atoms. The predicted molar refractivity (Wildman–Crippen MR) is 116 cm³/mol. The van der Waals surface area contributed by atoms with Gasteiger partial charge in [0, 0.05) is 25.7 Å². The molecule has 3 rings (SSSR count). The number of amides is 1. The van der Waals surface area contributed by atoms with E-state index in [1.807, 2.05) is 38.1 Å². The van der Waals surface area contributed by atoms with Crippen LogP contribution in [0.2, 0.25) is 0 Å². The Balaban J connectivity index is 1.53. The third-order valence-electron chi connectivity index (χ3n) is 5.53. The fourth-order valence-corrected chi connectivity index (χ4v) is 4.43. The number of carbonyl (C=O) groups excluding carboxylic acids is 1. The van der Waals surface area contributed by atoms with E-state index in [1.165, 1.54) is 16.0 Å². The fourth-order valence-electron chi connectivity index (χ4n) is 3.62. The van der Waals surface area contributed by atoms with Crippen LogP contribution in [0.5, 0.6) is 0 Å². The summed E-state index contributed by atoms with van der Waals surface area (Å²) in [6.07, 6.45) is 2.09. The first-order valence-electron chi connectivity index (χ1n) is 10.0. The smallest absolute Gasteiger partial charge is 0.240 e. The van der Waals surface area contributed by atoms with Gasteiger partial charge in [0.2, 0.25) is 5.91 Å². The second kappa shape index (κ2) is 8.72. The van der Waals surface area contributed by atoms with Crippen LogP contribution < -0.4 is 11.1 Å². The molecule has 1 aliphatic heterocycles. The molecule has 6 heteroatoms. The molecule has 2 heterocycles. The maximum atomic E-state index is 12.8. The van der Waals surface area contributed by atoms with Crippen LogP contribution in [0.25, 0.3) is 10.4 Å². The molecular weight excluding hydrogens is 368 g/mol. The van der Waals surface area contributed by atoms with E-state index >= 15 is 0 Å². The van der Waals surface area contributed by atoms with Crippen molar-refractivity contribution in [3.8, 4) is 10.4 Å². The molecule has 1 aromatic carbocycles. The van der Waals surface area contributed by atoms with Crippen molar-refractivity contribution < 1.29 is 4.79 Å². The highest BCUT2D eigenvalue weighted by Gasteiger charge is 2.36. The first-order valence-corrected chi connectivity index (χ1v) is 10.9. The highest BCUT2D eigenvalue weighted by Crippen LogP contribution is 2.27. The van der Waals surface area contributed by atoms with Crippen molar-refractivity contribution in [3.05, 3.63) is 41.0 Å². The van der Waals surface area contributed by atoms with Gasteiger partial charge in [-0.3, -0.25) is 4.79 Å². The lowest BCUT2D eigenvalue weighted by molar-refractivity contribution is -0.135. The van der Waals surface area contributed by atoms with Crippen LogP contribution in [-0.4, -0.2) is 41.0 Å². The Kier molecular flexibility index (Phi) is 6.53. The van der Waals surface area contributed by atoms with Gasteiger partial charge >= 0.3 is 0 Å². The van der Waals surface area contributed by atoms with E-state index < -0.39 is 6.04 Å². The molecule has 0 saturated carbocycles. The van der Waals surface area contributed by atoms with Gasteiger partial charge < -0.3 is 16.0 Å². The molecule has 152 valence electrons. The highest BCUT2D eigenvalue weighted by molar-refractivity contribution is 7.13. The Hall–Kier alpha value is -1.76. The molecule has 2 aromatic rings. The zero-order chi connectivity index (χ0) is 20.3. The van der Waals surface area contributed by atoms with E-state index in [-0.39, 0.29) is 17.4 Å². The predicted octanol–water partition coefficient (Wildman–Crippen LogP) is 3.57. The van der Waals surface area contributed by atoms with Crippen molar-refractivity contribution in [2.75, 3.05) is 13.1 Å². The van der Waals surface area contributed by atoms with E-state index in [4.69, 9.17) is 5.73 Å². The number of thiazole rings is 1. The zero-order valence-electron chi connectivity index (χ0n) is 17.4. The minimum absolute atomic E-state index is 0.0843. The van der Waals surface area contributed by atoms with Gasteiger partial charge in [-0.15, -0.1) is 11.3 Å². The number of hydrogen-bond donors (Lipinski definition) is 2. The quantitative estimate of drug-likeness (QED) is 0.778. The van der Waals surface area contributed by atoms with E-state index in [1.54, 1.807) is 11.3 Å². The Morgan fingerprint density at radius 2 is 2.07 bits per heavy atom. The van der Waals surface area contributed by atoms with Crippen LogP contribution >= 0.6 is 11.3 Å². The number of aromatic nitrogens is 1. The number of rotatable bonds is 6. The Bertz CT molecular complexity index is 794. The summed E-state index contributed by atoms with van der Waals surface area (Å²) < 4.78 is 0. The summed E-state index contributed by atoms with van der Waals surface area (Å²) in [5.41, 5.74) is 11.4. The molecule has 0 aliphatic carbocycles. The van der Waals surface area contributed by atoms with E-state index in [0.29, 0.717) is 0 Å². The van der Waals surface area contributed by atoms with Crippen LogP contribution in [0.1, 0.15) is 44.9 Å². The normalized spacial score (nSPS) is 18.5. The highest BCUT2D eigenvalue weighted by atomic mass is 32.1. The number of hydrogen-bond acceptors (Lipinski definition) is 5. The summed E-state index contributed by atoms with van der Waals surface area (Å²) in [7, 11) is 0. The average Bonchev–Trinajstić information content (AvgIpc) is 3.29. The lowest BCUT2D eigenvalue weighted by atomic mass is 9.86. The monoisotopic (exact) mass is 400 g/mol. The third-order valence-corrected chi connectivity index (χ3v) is 6.51. The number of carbonyl (C=O) groups is 1. The largest absolute Gasteiger partial charge is 0.337 e. The van der Waals surface area contributed by atoms with Crippen molar-refractivity contribution in [2.24, 2.45) is 11.1 Å². The van der Waals surface area contributed by atoms with Crippen LogP contribution in [-0.2, 0) is 11.3 Å². The summed E-state index contributed by atoms with van der Waals surface area (Å²) in [5, 5.41) is 3.53. The molecule has 0 unspecified atom stereocenters. The molecule has 0 bridgehead atoms. The second-order valence-electron chi connectivity index (χ2n) is 8.77. The minimum Gasteiger partial charge on any atom is -0.337 e. The summed E-state index contributed by atoms with van der Waals surface area (Å²) in [6.45, 7) is 10.5. The molecule has 3 N–H and O–H groups in total. The Morgan fingerprint density at radius 3 is 2.68 bits per heavy atom. The van der Waals surface area contributed by atoms with Gasteiger partial charge in [-0.2, -0.15) is 0 Å². The number of benzene rings is 1. The first-order chi connectivity index (χ1) is 13.3. The second-order valence-corrected chi connectivity index (χ2v) is 9.62.